The van der Waals surface area contributed by atoms with Crippen LogP contribution in [0.15, 0.2) is 0 Å². The summed E-state index contributed by atoms with van der Waals surface area (Å²) in [5.41, 5.74) is 1.40. The summed E-state index contributed by atoms with van der Waals surface area (Å²) in [5, 5.41) is 4.93. The summed E-state index contributed by atoms with van der Waals surface area (Å²) >= 11 is 1.96. The van der Waals surface area contributed by atoms with Crippen molar-refractivity contribution in [2.24, 2.45) is 0 Å². The molecule has 0 spiro atoms. The van der Waals surface area contributed by atoms with Gasteiger partial charge in [0.2, 0.25) is 0 Å². The Labute approximate surface area is 109 Å². The fourth-order valence-electron chi connectivity index (χ4n) is 2.49. The van der Waals surface area contributed by atoms with Crippen LogP contribution in [0.25, 0.3) is 0 Å². The summed E-state index contributed by atoms with van der Waals surface area (Å²) in [6, 6.07) is 0.496. The third-order valence-corrected chi connectivity index (χ3v) is 4.73. The first kappa shape index (κ1) is 13.0. The molecule has 17 heavy (non-hydrogen) atoms. The summed E-state index contributed by atoms with van der Waals surface area (Å²) in [6.07, 6.45) is 8.95. The van der Waals surface area contributed by atoms with Crippen molar-refractivity contribution in [1.82, 2.24) is 10.3 Å². The highest BCUT2D eigenvalue weighted by Gasteiger charge is 2.19. The average molecular weight is 252 g/mol. The van der Waals surface area contributed by atoms with E-state index in [1.165, 1.54) is 55.6 Å². The molecular formula is C14H24N2S. The molecule has 0 bridgehead atoms. The molecule has 0 aliphatic heterocycles. The number of unbranched alkanes of at least 4 members (excludes halogenated alkanes) is 1. The lowest BCUT2D eigenvalue weighted by Crippen LogP contribution is -2.20. The summed E-state index contributed by atoms with van der Waals surface area (Å²) in [7, 11) is 0. The van der Waals surface area contributed by atoms with Crippen LogP contribution >= 0.6 is 11.3 Å². The van der Waals surface area contributed by atoms with E-state index in [1.54, 1.807) is 4.88 Å². The van der Waals surface area contributed by atoms with Gasteiger partial charge in [0, 0.05) is 4.88 Å². The fourth-order valence-corrected chi connectivity index (χ4v) is 3.75. The zero-order valence-electron chi connectivity index (χ0n) is 11.1. The predicted octanol–water partition coefficient (Wildman–Crippen LogP) is 3.86. The highest BCUT2D eigenvalue weighted by molar-refractivity contribution is 7.11. The highest BCUT2D eigenvalue weighted by Crippen LogP contribution is 2.31. The molecular weight excluding hydrogens is 228 g/mol. The van der Waals surface area contributed by atoms with Crippen molar-refractivity contribution in [2.45, 2.75) is 64.8 Å². The lowest BCUT2D eigenvalue weighted by atomic mass is 10.0. The van der Waals surface area contributed by atoms with Gasteiger partial charge in [-0.2, -0.15) is 0 Å². The first-order valence-corrected chi connectivity index (χ1v) is 7.88. The Bertz CT molecular complexity index is 322. The van der Waals surface area contributed by atoms with E-state index in [2.05, 4.69) is 19.2 Å². The molecule has 1 unspecified atom stereocenters. The van der Waals surface area contributed by atoms with Crippen molar-refractivity contribution in [2.75, 3.05) is 6.54 Å². The summed E-state index contributed by atoms with van der Waals surface area (Å²) in [4.78, 5) is 6.44. The molecule has 1 heterocycles. The molecule has 0 saturated carbocycles. The zero-order chi connectivity index (χ0) is 12.1. The Kier molecular flexibility index (Phi) is 4.99. The number of hydrogen-bond acceptors (Lipinski definition) is 3. The van der Waals surface area contributed by atoms with Gasteiger partial charge in [0.05, 0.1) is 11.7 Å². The average Bonchev–Trinajstić information content (AvgIpc) is 2.78. The van der Waals surface area contributed by atoms with Gasteiger partial charge >= 0.3 is 0 Å². The molecule has 0 aromatic carbocycles. The second-order valence-corrected chi connectivity index (χ2v) is 6.00. The second-order valence-electron chi connectivity index (χ2n) is 4.88. The first-order valence-electron chi connectivity index (χ1n) is 7.07. The molecule has 1 aromatic heterocycles. The molecule has 0 saturated heterocycles. The molecule has 96 valence electrons. The number of aryl methyl sites for hydroxylation is 2. The molecule has 1 N–H and O–H groups in total. The maximum atomic E-state index is 4.88. The van der Waals surface area contributed by atoms with Crippen LogP contribution in [0.2, 0.25) is 0 Å². The third-order valence-electron chi connectivity index (χ3n) is 3.46. The van der Waals surface area contributed by atoms with Gasteiger partial charge in [0.15, 0.2) is 0 Å². The Morgan fingerprint density at radius 3 is 2.82 bits per heavy atom. The Balaban J connectivity index is 2.08. The maximum absolute atomic E-state index is 4.88. The Morgan fingerprint density at radius 1 is 1.29 bits per heavy atom. The number of hydrogen-bond donors (Lipinski definition) is 1. The standard InChI is InChI=1S/C14H24N2S/c1-3-5-8-12(15-4-2)14-16-11-9-6-7-10-13(11)17-14/h12,15H,3-10H2,1-2H3. The molecule has 3 heteroatoms. The van der Waals surface area contributed by atoms with E-state index in [-0.39, 0.29) is 0 Å². The van der Waals surface area contributed by atoms with E-state index in [9.17, 15) is 0 Å². The smallest absolute Gasteiger partial charge is 0.110 e. The van der Waals surface area contributed by atoms with Crippen LogP contribution in [0.1, 0.15) is 67.6 Å². The van der Waals surface area contributed by atoms with E-state index in [4.69, 9.17) is 4.98 Å². The lowest BCUT2D eigenvalue weighted by Gasteiger charge is -2.14. The Morgan fingerprint density at radius 2 is 2.12 bits per heavy atom. The van der Waals surface area contributed by atoms with Gasteiger partial charge in [0.1, 0.15) is 5.01 Å². The zero-order valence-corrected chi connectivity index (χ0v) is 11.9. The first-order chi connectivity index (χ1) is 8.35. The maximum Gasteiger partial charge on any atom is 0.110 e. The monoisotopic (exact) mass is 252 g/mol. The van der Waals surface area contributed by atoms with Gasteiger partial charge in [-0.15, -0.1) is 11.3 Å². The van der Waals surface area contributed by atoms with Crippen molar-refractivity contribution in [3.05, 3.63) is 15.6 Å². The van der Waals surface area contributed by atoms with Gasteiger partial charge in [0.25, 0.3) is 0 Å². The second kappa shape index (κ2) is 6.50. The largest absolute Gasteiger partial charge is 0.308 e. The van der Waals surface area contributed by atoms with Gasteiger partial charge in [-0.05, 0) is 38.6 Å². The molecule has 0 amide bonds. The van der Waals surface area contributed by atoms with Gasteiger partial charge in [-0.1, -0.05) is 26.7 Å². The number of nitrogens with zero attached hydrogens (tertiary/aromatic N) is 1. The fraction of sp³-hybridized carbons (Fsp3) is 0.786. The minimum atomic E-state index is 0.496. The van der Waals surface area contributed by atoms with Gasteiger partial charge in [-0.3, -0.25) is 0 Å². The van der Waals surface area contributed by atoms with Crippen molar-refractivity contribution < 1.29 is 0 Å². The summed E-state index contributed by atoms with van der Waals surface area (Å²) in [5.74, 6) is 0. The van der Waals surface area contributed by atoms with E-state index < -0.39 is 0 Å². The van der Waals surface area contributed by atoms with Crippen LogP contribution in [0.5, 0.6) is 0 Å². The van der Waals surface area contributed by atoms with Crippen molar-refractivity contribution >= 4 is 11.3 Å². The molecule has 2 nitrogen and oxygen atoms in total. The van der Waals surface area contributed by atoms with Crippen molar-refractivity contribution in [3.8, 4) is 0 Å². The van der Waals surface area contributed by atoms with Gasteiger partial charge < -0.3 is 5.32 Å². The van der Waals surface area contributed by atoms with E-state index in [0.29, 0.717) is 6.04 Å². The molecule has 1 aliphatic carbocycles. The number of nitrogens with one attached hydrogen (secondary N) is 1. The quantitative estimate of drug-likeness (QED) is 0.831. The number of aromatic nitrogens is 1. The number of fused-ring (bicyclic) bond motifs is 1. The number of rotatable bonds is 6. The third kappa shape index (κ3) is 3.29. The predicted molar refractivity (Wildman–Crippen MR) is 74.7 cm³/mol. The van der Waals surface area contributed by atoms with E-state index in [0.717, 1.165) is 6.54 Å². The Hall–Kier alpha value is -0.410. The minimum Gasteiger partial charge on any atom is -0.308 e. The molecule has 1 aromatic rings. The van der Waals surface area contributed by atoms with Crippen molar-refractivity contribution in [3.63, 3.8) is 0 Å². The molecule has 1 aliphatic rings. The summed E-state index contributed by atoms with van der Waals surface area (Å²) < 4.78 is 0. The van der Waals surface area contributed by atoms with E-state index in [1.807, 2.05) is 11.3 Å². The van der Waals surface area contributed by atoms with Crippen LogP contribution < -0.4 is 5.32 Å². The van der Waals surface area contributed by atoms with Crippen LogP contribution in [0.3, 0.4) is 0 Å². The molecule has 1 atom stereocenters. The van der Waals surface area contributed by atoms with E-state index >= 15 is 0 Å². The topological polar surface area (TPSA) is 24.9 Å². The van der Waals surface area contributed by atoms with Crippen LogP contribution in [0.4, 0.5) is 0 Å². The normalized spacial score (nSPS) is 16.8. The van der Waals surface area contributed by atoms with Crippen molar-refractivity contribution in [1.29, 1.82) is 0 Å². The highest BCUT2D eigenvalue weighted by atomic mass is 32.1. The minimum absolute atomic E-state index is 0.496. The molecule has 0 fully saturated rings. The summed E-state index contributed by atoms with van der Waals surface area (Å²) in [6.45, 7) is 5.49. The van der Waals surface area contributed by atoms with Crippen LogP contribution in [-0.4, -0.2) is 11.5 Å². The van der Waals surface area contributed by atoms with Gasteiger partial charge in [-0.25, -0.2) is 4.98 Å². The van der Waals surface area contributed by atoms with Crippen LogP contribution in [-0.2, 0) is 12.8 Å². The van der Waals surface area contributed by atoms with Crippen LogP contribution in [0, 0.1) is 0 Å². The number of thiazole rings is 1. The molecule has 0 radical (unpaired) electrons. The SMILES string of the molecule is CCCCC(NCC)c1nc2c(s1)CCCC2. The lowest BCUT2D eigenvalue weighted by molar-refractivity contribution is 0.491. The molecule has 2 rings (SSSR count).